The minimum absolute atomic E-state index is 0.0160. The lowest BCUT2D eigenvalue weighted by Gasteiger charge is -2.37. The average molecular weight is 942 g/mol. The van der Waals surface area contributed by atoms with Gasteiger partial charge in [0.05, 0.1) is 45.7 Å². The molecule has 0 aliphatic carbocycles. The lowest BCUT2D eigenvalue weighted by molar-refractivity contribution is 0.0514. The van der Waals surface area contributed by atoms with E-state index in [0.29, 0.717) is 89.9 Å². The summed E-state index contributed by atoms with van der Waals surface area (Å²) in [5, 5.41) is 2.88. The van der Waals surface area contributed by atoms with Crippen LogP contribution in [0.25, 0.3) is 21.8 Å². The lowest BCUT2D eigenvalue weighted by Crippen LogP contribution is -2.49. The average Bonchev–Trinajstić information content (AvgIpc) is 3.32. The molecular weight excluding hydrogens is 895 g/mol. The number of hydrogen-bond acceptors (Lipinski definition) is 10. The highest BCUT2D eigenvalue weighted by Gasteiger charge is 2.32. The van der Waals surface area contributed by atoms with Crippen molar-refractivity contribution in [2.75, 3.05) is 75.4 Å². The van der Waals surface area contributed by atoms with Crippen LogP contribution in [0.4, 0.5) is 11.4 Å². The number of esters is 2. The summed E-state index contributed by atoms with van der Waals surface area (Å²) < 4.78 is 13.4. The summed E-state index contributed by atoms with van der Waals surface area (Å²) in [7, 11) is 3.30. The van der Waals surface area contributed by atoms with Crippen LogP contribution >= 0.6 is 34.8 Å². The van der Waals surface area contributed by atoms with Crippen LogP contribution in [0.5, 0.6) is 0 Å². The van der Waals surface area contributed by atoms with E-state index < -0.39 is 23.1 Å². The Balaban J connectivity index is 0.000000194. The third-order valence-electron chi connectivity index (χ3n) is 11.5. The maximum absolute atomic E-state index is 13.1. The molecule has 0 radical (unpaired) electrons. The monoisotopic (exact) mass is 940 g/mol. The maximum Gasteiger partial charge on any atom is 0.345 e. The number of nitrogens with zero attached hydrogens (tertiary/aromatic N) is 6. The van der Waals surface area contributed by atoms with E-state index >= 15 is 0 Å². The minimum Gasteiger partial charge on any atom is -0.462 e. The van der Waals surface area contributed by atoms with Crippen molar-refractivity contribution < 1.29 is 28.7 Å². The summed E-state index contributed by atoms with van der Waals surface area (Å²) in [5.74, 6) is -1.49. The quantitative estimate of drug-likeness (QED) is 0.143. The second-order valence-corrected chi connectivity index (χ2v) is 16.6. The lowest BCUT2D eigenvalue weighted by atomic mass is 10.1. The van der Waals surface area contributed by atoms with Gasteiger partial charge in [0.1, 0.15) is 11.1 Å². The standard InChI is InChI=1S/C24H23Cl2N3O4.C24H24ClN3O4/c1-3-33-24(32)20-21(16-6-4-5-7-19(16)27(2)23(20)31)28-10-12-29(13-11-28)22(30)15-8-9-17(25)18(26)14-15;1-3-32-24(31)20-21(18-6-4-5-7-19(18)26(2)23(20)30)27-12-14-28(15-13-27)22(29)16-8-10-17(25)11-9-16/h4-9,14H,3,10-13H2,1-2H3;4-11H,3,12-15H2,1-2H3. The molecule has 0 bridgehead atoms. The first-order chi connectivity index (χ1) is 31.2. The van der Waals surface area contributed by atoms with Crippen LogP contribution in [0.2, 0.25) is 15.1 Å². The number of piperazine rings is 2. The Bertz CT molecular complexity index is 2920. The van der Waals surface area contributed by atoms with Crippen LogP contribution in [-0.2, 0) is 23.6 Å². The van der Waals surface area contributed by atoms with Crippen LogP contribution in [0.1, 0.15) is 55.3 Å². The summed E-state index contributed by atoms with van der Waals surface area (Å²) in [5.41, 5.74) is 2.87. The fourth-order valence-electron chi connectivity index (χ4n) is 8.24. The number of ether oxygens (including phenoxy) is 2. The van der Waals surface area contributed by atoms with Crippen molar-refractivity contribution >= 4 is 91.7 Å². The van der Waals surface area contributed by atoms with E-state index in [1.807, 2.05) is 58.3 Å². The highest BCUT2D eigenvalue weighted by molar-refractivity contribution is 6.42. The maximum atomic E-state index is 13.1. The van der Waals surface area contributed by atoms with E-state index in [4.69, 9.17) is 44.3 Å². The summed E-state index contributed by atoms with van der Waals surface area (Å²) in [6.45, 7) is 7.42. The van der Waals surface area contributed by atoms with Crippen molar-refractivity contribution in [3.8, 4) is 0 Å². The van der Waals surface area contributed by atoms with Crippen molar-refractivity contribution in [2.24, 2.45) is 14.1 Å². The fraction of sp³-hybridized carbons (Fsp3) is 0.292. The van der Waals surface area contributed by atoms with Crippen LogP contribution < -0.4 is 20.9 Å². The van der Waals surface area contributed by atoms with Gasteiger partial charge in [0.15, 0.2) is 0 Å². The summed E-state index contributed by atoms with van der Waals surface area (Å²) in [6, 6.07) is 26.6. The molecule has 2 saturated heterocycles. The molecule has 0 saturated carbocycles. The van der Waals surface area contributed by atoms with Crippen LogP contribution in [0.3, 0.4) is 0 Å². The van der Waals surface area contributed by atoms with Crippen molar-refractivity contribution in [1.29, 1.82) is 0 Å². The van der Waals surface area contributed by atoms with Gasteiger partial charge in [0, 0.05) is 93.4 Å². The van der Waals surface area contributed by atoms with Gasteiger partial charge in [-0.15, -0.1) is 0 Å². The molecule has 14 nitrogen and oxygen atoms in total. The molecule has 2 aliphatic heterocycles. The van der Waals surface area contributed by atoms with Gasteiger partial charge in [-0.1, -0.05) is 71.2 Å². The summed E-state index contributed by atoms with van der Waals surface area (Å²) >= 11 is 18.0. The van der Waals surface area contributed by atoms with Crippen LogP contribution in [-0.4, -0.2) is 108 Å². The summed E-state index contributed by atoms with van der Waals surface area (Å²) in [6.07, 6.45) is 0. The van der Waals surface area contributed by atoms with Gasteiger partial charge in [-0.05, 0) is 68.4 Å². The molecule has 0 atom stereocenters. The van der Waals surface area contributed by atoms with E-state index in [9.17, 15) is 28.8 Å². The highest BCUT2D eigenvalue weighted by atomic mass is 35.5. The molecule has 2 aliphatic rings. The van der Waals surface area contributed by atoms with E-state index in [0.717, 1.165) is 21.8 Å². The van der Waals surface area contributed by atoms with Crippen molar-refractivity contribution in [1.82, 2.24) is 18.9 Å². The summed E-state index contributed by atoms with van der Waals surface area (Å²) in [4.78, 5) is 85.1. The predicted octanol–water partition coefficient (Wildman–Crippen LogP) is 7.32. The largest absolute Gasteiger partial charge is 0.462 e. The van der Waals surface area contributed by atoms with Gasteiger partial charge in [-0.2, -0.15) is 0 Å². The number of anilines is 2. The number of amides is 2. The van der Waals surface area contributed by atoms with Gasteiger partial charge >= 0.3 is 11.9 Å². The number of carbonyl (C=O) groups excluding carboxylic acids is 4. The number of rotatable bonds is 8. The highest BCUT2D eigenvalue weighted by Crippen LogP contribution is 2.32. The smallest absolute Gasteiger partial charge is 0.345 e. The Morgan fingerprint density at radius 2 is 0.923 bits per heavy atom. The Morgan fingerprint density at radius 1 is 0.523 bits per heavy atom. The van der Waals surface area contributed by atoms with Crippen LogP contribution in [0, 0.1) is 0 Å². The first-order valence-corrected chi connectivity index (χ1v) is 22.3. The van der Waals surface area contributed by atoms with E-state index in [-0.39, 0.29) is 36.2 Å². The Labute approximate surface area is 390 Å². The van der Waals surface area contributed by atoms with E-state index in [1.54, 1.807) is 80.2 Å². The molecule has 17 heteroatoms. The Kier molecular flexibility index (Phi) is 14.5. The molecule has 0 spiro atoms. The molecule has 8 rings (SSSR count). The number of carbonyl (C=O) groups is 4. The molecule has 6 aromatic rings. The molecule has 4 aromatic carbocycles. The van der Waals surface area contributed by atoms with Crippen molar-refractivity contribution in [3.63, 3.8) is 0 Å². The fourth-order valence-corrected chi connectivity index (χ4v) is 8.67. The molecule has 2 amide bonds. The number of benzene rings is 4. The number of pyridine rings is 2. The van der Waals surface area contributed by atoms with Gasteiger partial charge in [-0.3, -0.25) is 19.2 Å². The first-order valence-electron chi connectivity index (χ1n) is 21.1. The Hall–Kier alpha value is -6.35. The number of aromatic nitrogens is 2. The van der Waals surface area contributed by atoms with Gasteiger partial charge < -0.3 is 38.2 Å². The number of para-hydroxylation sites is 2. The van der Waals surface area contributed by atoms with Crippen LogP contribution in [0.15, 0.2) is 101 Å². The number of aryl methyl sites for hydroxylation is 2. The van der Waals surface area contributed by atoms with Gasteiger partial charge in [0.2, 0.25) is 0 Å². The molecule has 4 heterocycles. The van der Waals surface area contributed by atoms with Crippen molar-refractivity contribution in [2.45, 2.75) is 13.8 Å². The second-order valence-electron chi connectivity index (χ2n) is 15.3. The molecule has 338 valence electrons. The zero-order valence-electron chi connectivity index (χ0n) is 36.3. The molecule has 2 fully saturated rings. The zero-order valence-corrected chi connectivity index (χ0v) is 38.6. The van der Waals surface area contributed by atoms with E-state index in [2.05, 4.69) is 0 Å². The zero-order chi connectivity index (χ0) is 46.5. The third kappa shape index (κ3) is 9.56. The molecule has 0 unspecified atom stereocenters. The molecular formula is C48H47Cl3N6O8. The van der Waals surface area contributed by atoms with E-state index in [1.165, 1.54) is 9.13 Å². The minimum atomic E-state index is -0.645. The normalized spacial score (nSPS) is 14.0. The SMILES string of the molecule is CCOC(=O)c1c(N2CCN(C(=O)c3ccc(Cl)c(Cl)c3)CC2)c2ccccc2n(C)c1=O.CCOC(=O)c1c(N2CCN(C(=O)c3ccc(Cl)cc3)CC2)c2ccccc2n(C)c1=O. The van der Waals surface area contributed by atoms with Gasteiger partial charge in [-0.25, -0.2) is 9.59 Å². The topological polar surface area (TPSA) is 144 Å². The number of halogens is 3. The Morgan fingerprint density at radius 3 is 1.34 bits per heavy atom. The first kappa shape index (κ1) is 46.6. The number of fused-ring (bicyclic) bond motifs is 2. The van der Waals surface area contributed by atoms with Gasteiger partial charge in [0.25, 0.3) is 22.9 Å². The van der Waals surface area contributed by atoms with Crippen molar-refractivity contribution in [3.05, 3.63) is 149 Å². The molecule has 65 heavy (non-hydrogen) atoms. The molecule has 2 aromatic heterocycles. The molecule has 0 N–H and O–H groups in total. The number of hydrogen-bond donors (Lipinski definition) is 0. The third-order valence-corrected chi connectivity index (χ3v) is 12.5. The predicted molar refractivity (Wildman–Crippen MR) is 254 cm³/mol. The second kappa shape index (κ2) is 20.2.